The summed E-state index contributed by atoms with van der Waals surface area (Å²) in [5.74, 6) is 0.994. The normalized spacial score (nSPS) is 22.3. The van der Waals surface area contributed by atoms with E-state index in [2.05, 4.69) is 29.8 Å². The lowest BCUT2D eigenvalue weighted by Crippen LogP contribution is -2.27. The minimum atomic E-state index is -0.203. The summed E-state index contributed by atoms with van der Waals surface area (Å²) in [4.78, 5) is 0.210. The van der Waals surface area contributed by atoms with Gasteiger partial charge in [-0.25, -0.2) is 0 Å². The minimum Gasteiger partial charge on any atom is -0.486 e. The van der Waals surface area contributed by atoms with Gasteiger partial charge in [0.15, 0.2) is 0 Å². The molecule has 15 heavy (non-hydrogen) atoms. The number of rotatable bonds is 0. The highest BCUT2D eigenvalue weighted by molar-refractivity contribution is 9.09. The zero-order valence-corrected chi connectivity index (χ0v) is 11.1. The van der Waals surface area contributed by atoms with Gasteiger partial charge in [0.25, 0.3) is 0 Å². The molecule has 0 spiro atoms. The summed E-state index contributed by atoms with van der Waals surface area (Å²) in [5, 5.41) is 0. The Balaban J connectivity index is 2.69. The quantitative estimate of drug-likeness (QED) is 0.578. The molecular formula is C12H16BrNO. The Bertz CT molecular complexity index is 426. The Kier molecular flexibility index (Phi) is 2.26. The van der Waals surface area contributed by atoms with E-state index in [-0.39, 0.29) is 10.4 Å². The molecule has 0 aliphatic carbocycles. The first-order valence-electron chi connectivity index (χ1n) is 5.07. The fraction of sp³-hybridized carbons (Fsp3) is 0.500. The highest BCUT2D eigenvalue weighted by atomic mass is 79.9. The van der Waals surface area contributed by atoms with E-state index in [9.17, 15) is 0 Å². The molecule has 0 saturated heterocycles. The average molecular weight is 270 g/mol. The van der Waals surface area contributed by atoms with Crippen LogP contribution in [0.2, 0.25) is 0 Å². The lowest BCUT2D eigenvalue weighted by Gasteiger charge is -2.22. The van der Waals surface area contributed by atoms with Gasteiger partial charge in [-0.15, -0.1) is 0 Å². The number of hydrogen-bond acceptors (Lipinski definition) is 2. The van der Waals surface area contributed by atoms with Crippen molar-refractivity contribution in [3.8, 4) is 5.75 Å². The summed E-state index contributed by atoms with van der Waals surface area (Å²) in [6, 6.07) is 1.98. The van der Waals surface area contributed by atoms with Gasteiger partial charge in [0.05, 0.1) is 4.83 Å². The maximum Gasteiger partial charge on any atom is 0.128 e. The molecule has 1 heterocycles. The van der Waals surface area contributed by atoms with Crippen LogP contribution >= 0.6 is 15.9 Å². The zero-order chi connectivity index (χ0) is 11.4. The monoisotopic (exact) mass is 269 g/mol. The number of hydrogen-bond donors (Lipinski definition) is 1. The van der Waals surface area contributed by atoms with Crippen LogP contribution in [0.4, 0.5) is 5.69 Å². The number of ether oxygens (including phenoxy) is 1. The third-order valence-electron chi connectivity index (χ3n) is 3.04. The Morgan fingerprint density at radius 2 is 2.00 bits per heavy atom. The van der Waals surface area contributed by atoms with E-state index in [1.165, 1.54) is 5.56 Å². The van der Waals surface area contributed by atoms with E-state index in [0.717, 1.165) is 22.6 Å². The summed E-state index contributed by atoms with van der Waals surface area (Å²) in [6.45, 7) is 8.26. The van der Waals surface area contributed by atoms with E-state index >= 15 is 0 Å². The molecule has 82 valence electrons. The standard InChI is InChI=1S/C12H16BrNO/c1-6-5-8(14)7(2)9-10(6)15-12(3,4)11(9)13/h5,11H,14H2,1-4H3. The van der Waals surface area contributed by atoms with Gasteiger partial charge in [0, 0.05) is 11.3 Å². The van der Waals surface area contributed by atoms with Gasteiger partial charge in [0.1, 0.15) is 11.4 Å². The molecule has 0 fully saturated rings. The number of benzene rings is 1. The molecular weight excluding hydrogens is 254 g/mol. The molecule has 2 rings (SSSR count). The Morgan fingerprint density at radius 1 is 1.40 bits per heavy atom. The van der Waals surface area contributed by atoms with Gasteiger partial charge in [-0.1, -0.05) is 15.9 Å². The largest absolute Gasteiger partial charge is 0.486 e. The minimum absolute atomic E-state index is 0.203. The van der Waals surface area contributed by atoms with Crippen molar-refractivity contribution in [1.82, 2.24) is 0 Å². The second-order valence-electron chi connectivity index (χ2n) is 4.72. The molecule has 1 aliphatic rings. The molecule has 1 unspecified atom stereocenters. The second kappa shape index (κ2) is 3.14. The zero-order valence-electron chi connectivity index (χ0n) is 9.52. The maximum absolute atomic E-state index is 5.97. The second-order valence-corrected chi connectivity index (χ2v) is 5.63. The number of halogens is 1. The molecule has 0 radical (unpaired) electrons. The maximum atomic E-state index is 5.97. The van der Waals surface area contributed by atoms with Crippen LogP contribution in [0.1, 0.15) is 35.4 Å². The molecule has 1 aromatic carbocycles. The number of alkyl halides is 1. The molecule has 0 amide bonds. The summed E-state index contributed by atoms with van der Waals surface area (Å²) in [6.07, 6.45) is 0. The fourth-order valence-corrected chi connectivity index (χ4v) is 2.69. The van der Waals surface area contributed by atoms with Crippen LogP contribution in [0, 0.1) is 13.8 Å². The number of fused-ring (bicyclic) bond motifs is 1. The van der Waals surface area contributed by atoms with Crippen molar-refractivity contribution in [2.75, 3.05) is 5.73 Å². The number of anilines is 1. The summed E-state index contributed by atoms with van der Waals surface area (Å²) in [5.41, 5.74) is 10.1. The summed E-state index contributed by atoms with van der Waals surface area (Å²) in [7, 11) is 0. The molecule has 0 bridgehead atoms. The first kappa shape index (κ1) is 10.8. The molecule has 0 aromatic heterocycles. The predicted octanol–water partition coefficient (Wildman–Crippen LogP) is 3.49. The van der Waals surface area contributed by atoms with Crippen LogP contribution in [0.5, 0.6) is 5.75 Å². The SMILES string of the molecule is Cc1cc(N)c(C)c2c1OC(C)(C)C2Br. The summed E-state index contributed by atoms with van der Waals surface area (Å²) < 4.78 is 5.97. The molecule has 2 nitrogen and oxygen atoms in total. The van der Waals surface area contributed by atoms with Crippen molar-refractivity contribution in [1.29, 1.82) is 0 Å². The van der Waals surface area contributed by atoms with Crippen LogP contribution in [0.3, 0.4) is 0 Å². The van der Waals surface area contributed by atoms with Crippen LogP contribution in [0.15, 0.2) is 6.07 Å². The fourth-order valence-electron chi connectivity index (χ4n) is 2.05. The van der Waals surface area contributed by atoms with E-state index in [4.69, 9.17) is 10.5 Å². The van der Waals surface area contributed by atoms with Crippen molar-refractivity contribution < 1.29 is 4.74 Å². The van der Waals surface area contributed by atoms with Gasteiger partial charge in [-0.3, -0.25) is 0 Å². The summed E-state index contributed by atoms with van der Waals surface area (Å²) >= 11 is 3.70. The van der Waals surface area contributed by atoms with E-state index < -0.39 is 0 Å². The van der Waals surface area contributed by atoms with Gasteiger partial charge < -0.3 is 10.5 Å². The number of aryl methyl sites for hydroxylation is 1. The lowest BCUT2D eigenvalue weighted by molar-refractivity contribution is 0.136. The van der Waals surface area contributed by atoms with E-state index in [0.29, 0.717) is 0 Å². The van der Waals surface area contributed by atoms with E-state index in [1.54, 1.807) is 0 Å². The predicted molar refractivity (Wildman–Crippen MR) is 66.7 cm³/mol. The van der Waals surface area contributed by atoms with Crippen LogP contribution in [0.25, 0.3) is 0 Å². The van der Waals surface area contributed by atoms with Gasteiger partial charge in [-0.05, 0) is 44.9 Å². The first-order valence-corrected chi connectivity index (χ1v) is 5.99. The topological polar surface area (TPSA) is 35.2 Å². The van der Waals surface area contributed by atoms with Crippen molar-refractivity contribution >= 4 is 21.6 Å². The lowest BCUT2D eigenvalue weighted by atomic mass is 9.95. The average Bonchev–Trinajstić information content (AvgIpc) is 2.36. The number of nitrogen functional groups attached to an aromatic ring is 1. The molecule has 2 N–H and O–H groups in total. The van der Waals surface area contributed by atoms with Crippen LogP contribution < -0.4 is 10.5 Å². The van der Waals surface area contributed by atoms with E-state index in [1.807, 2.05) is 19.9 Å². The van der Waals surface area contributed by atoms with Crippen LogP contribution in [-0.4, -0.2) is 5.60 Å². The van der Waals surface area contributed by atoms with Gasteiger partial charge in [-0.2, -0.15) is 0 Å². The third kappa shape index (κ3) is 1.44. The van der Waals surface area contributed by atoms with Crippen molar-refractivity contribution in [3.05, 3.63) is 22.8 Å². The highest BCUT2D eigenvalue weighted by Crippen LogP contribution is 2.51. The highest BCUT2D eigenvalue weighted by Gasteiger charge is 2.41. The molecule has 0 saturated carbocycles. The molecule has 3 heteroatoms. The Hall–Kier alpha value is -0.700. The van der Waals surface area contributed by atoms with Crippen molar-refractivity contribution in [2.24, 2.45) is 0 Å². The third-order valence-corrected chi connectivity index (χ3v) is 4.60. The van der Waals surface area contributed by atoms with Gasteiger partial charge >= 0.3 is 0 Å². The molecule has 1 aromatic rings. The number of nitrogens with two attached hydrogens (primary N) is 1. The van der Waals surface area contributed by atoms with Crippen molar-refractivity contribution in [3.63, 3.8) is 0 Å². The first-order chi connectivity index (χ1) is 6.84. The molecule has 1 aliphatic heterocycles. The van der Waals surface area contributed by atoms with Gasteiger partial charge in [0.2, 0.25) is 0 Å². The Morgan fingerprint density at radius 3 is 2.60 bits per heavy atom. The molecule has 1 atom stereocenters. The van der Waals surface area contributed by atoms with Crippen molar-refractivity contribution in [2.45, 2.75) is 38.1 Å². The Labute approximate surface area is 98.9 Å². The smallest absolute Gasteiger partial charge is 0.128 e. The van der Waals surface area contributed by atoms with Crippen LogP contribution in [-0.2, 0) is 0 Å².